The van der Waals surface area contributed by atoms with E-state index in [1.165, 1.54) is 0 Å². The zero-order chi connectivity index (χ0) is 20.5. The Labute approximate surface area is 171 Å². The van der Waals surface area contributed by atoms with Crippen molar-refractivity contribution in [2.24, 2.45) is 0 Å². The first-order chi connectivity index (χ1) is 14.7. The third-order valence-corrected chi connectivity index (χ3v) is 4.90. The van der Waals surface area contributed by atoms with Gasteiger partial charge >= 0.3 is 5.97 Å². The summed E-state index contributed by atoms with van der Waals surface area (Å²) in [5.74, 6) is 0.235. The number of fused-ring (bicyclic) bond motifs is 4. The van der Waals surface area contributed by atoms with E-state index in [2.05, 4.69) is 5.32 Å². The van der Waals surface area contributed by atoms with Crippen LogP contribution in [0.3, 0.4) is 0 Å². The van der Waals surface area contributed by atoms with Crippen molar-refractivity contribution >= 4 is 39.3 Å². The fourth-order valence-corrected chi connectivity index (χ4v) is 3.53. The molecule has 0 aliphatic carbocycles. The fourth-order valence-electron chi connectivity index (χ4n) is 3.53. The lowest BCUT2D eigenvalue weighted by molar-refractivity contribution is -0.146. The summed E-state index contributed by atoms with van der Waals surface area (Å²) in [5, 5.41) is 5.62. The number of hydrogen-bond donors (Lipinski definition) is 1. The lowest BCUT2D eigenvalue weighted by atomic mass is 10.0. The van der Waals surface area contributed by atoms with Gasteiger partial charge in [0, 0.05) is 22.7 Å². The predicted octanol–water partition coefficient (Wildman–Crippen LogP) is 4.04. The summed E-state index contributed by atoms with van der Waals surface area (Å²) < 4.78 is 21.3. The van der Waals surface area contributed by atoms with Gasteiger partial charge in [0.2, 0.25) is 6.79 Å². The van der Waals surface area contributed by atoms with Crippen LogP contribution in [0.2, 0.25) is 0 Å². The molecule has 3 aromatic carbocycles. The van der Waals surface area contributed by atoms with Crippen LogP contribution >= 0.6 is 0 Å². The van der Waals surface area contributed by atoms with Crippen molar-refractivity contribution in [3.05, 3.63) is 66.4 Å². The molecule has 0 spiro atoms. The highest BCUT2D eigenvalue weighted by Crippen LogP contribution is 2.34. The predicted molar refractivity (Wildman–Crippen MR) is 110 cm³/mol. The molecule has 1 amide bonds. The third-order valence-electron chi connectivity index (χ3n) is 4.90. The maximum atomic E-state index is 12.3. The van der Waals surface area contributed by atoms with Crippen LogP contribution in [0.1, 0.15) is 5.56 Å². The second kappa shape index (κ2) is 7.44. The lowest BCUT2D eigenvalue weighted by Gasteiger charge is -2.07. The van der Waals surface area contributed by atoms with Gasteiger partial charge in [0.25, 0.3) is 5.91 Å². The number of amides is 1. The molecule has 1 aromatic heterocycles. The van der Waals surface area contributed by atoms with Gasteiger partial charge in [-0.2, -0.15) is 0 Å². The van der Waals surface area contributed by atoms with Gasteiger partial charge in [0.1, 0.15) is 5.58 Å². The molecule has 150 valence electrons. The Kier molecular flexibility index (Phi) is 4.48. The number of benzene rings is 3. The molecule has 7 nitrogen and oxygen atoms in total. The van der Waals surface area contributed by atoms with Crippen molar-refractivity contribution in [1.29, 1.82) is 0 Å². The molecular formula is C23H17NO6. The molecule has 2 heterocycles. The zero-order valence-electron chi connectivity index (χ0n) is 15.8. The van der Waals surface area contributed by atoms with Crippen molar-refractivity contribution in [2.45, 2.75) is 6.42 Å². The summed E-state index contributed by atoms with van der Waals surface area (Å²) >= 11 is 0. The number of carbonyl (C=O) groups excluding carboxylic acids is 2. The van der Waals surface area contributed by atoms with Crippen LogP contribution in [0.5, 0.6) is 11.5 Å². The van der Waals surface area contributed by atoms with E-state index in [1.807, 2.05) is 36.4 Å². The van der Waals surface area contributed by atoms with Crippen LogP contribution in [0.25, 0.3) is 21.7 Å². The molecule has 0 bridgehead atoms. The molecule has 30 heavy (non-hydrogen) atoms. The first-order valence-corrected chi connectivity index (χ1v) is 9.40. The largest absolute Gasteiger partial charge is 0.464 e. The molecule has 0 radical (unpaired) electrons. The summed E-state index contributed by atoms with van der Waals surface area (Å²) in [6, 6.07) is 16.8. The molecule has 1 aliphatic heterocycles. The van der Waals surface area contributed by atoms with Crippen LogP contribution < -0.4 is 14.8 Å². The Morgan fingerprint density at radius 3 is 2.80 bits per heavy atom. The number of furan rings is 1. The van der Waals surface area contributed by atoms with Gasteiger partial charge in [-0.3, -0.25) is 9.59 Å². The molecule has 0 atom stereocenters. The number of carbonyl (C=O) groups is 2. The summed E-state index contributed by atoms with van der Waals surface area (Å²) in [6.45, 7) is -0.230. The Balaban J connectivity index is 1.23. The summed E-state index contributed by atoms with van der Waals surface area (Å²) in [6.07, 6.45) is 1.57. The van der Waals surface area contributed by atoms with Crippen LogP contribution in [-0.4, -0.2) is 25.3 Å². The highest BCUT2D eigenvalue weighted by molar-refractivity contribution is 6.08. The minimum atomic E-state index is -0.508. The normalized spacial score (nSPS) is 12.3. The molecule has 5 rings (SSSR count). The third kappa shape index (κ3) is 3.41. The SMILES string of the molecule is O=C(COC(=O)Cc1coc2ccc3ccccc3c12)Nc1ccc2c(c1)OCO2. The quantitative estimate of drug-likeness (QED) is 0.506. The Bertz CT molecular complexity index is 1280. The van der Waals surface area contributed by atoms with Gasteiger partial charge in [0.15, 0.2) is 18.1 Å². The highest BCUT2D eigenvalue weighted by atomic mass is 16.7. The van der Waals surface area contributed by atoms with E-state index in [-0.39, 0.29) is 19.8 Å². The van der Waals surface area contributed by atoms with E-state index in [4.69, 9.17) is 18.6 Å². The van der Waals surface area contributed by atoms with Crippen molar-refractivity contribution in [2.75, 3.05) is 18.7 Å². The number of rotatable bonds is 5. The first-order valence-electron chi connectivity index (χ1n) is 9.40. The number of nitrogens with one attached hydrogen (secondary N) is 1. The molecule has 1 N–H and O–H groups in total. The second-order valence-electron chi connectivity index (χ2n) is 6.87. The molecule has 4 aromatic rings. The average molecular weight is 403 g/mol. The summed E-state index contributed by atoms with van der Waals surface area (Å²) in [7, 11) is 0. The highest BCUT2D eigenvalue weighted by Gasteiger charge is 2.17. The fraction of sp³-hybridized carbons (Fsp3) is 0.130. The molecule has 0 saturated carbocycles. The molecule has 0 unspecified atom stereocenters. The maximum absolute atomic E-state index is 12.3. The molecule has 0 saturated heterocycles. The first kappa shape index (κ1) is 18.1. The van der Waals surface area contributed by atoms with Crippen molar-refractivity contribution < 1.29 is 28.2 Å². The van der Waals surface area contributed by atoms with Crippen molar-refractivity contribution in [3.8, 4) is 11.5 Å². The van der Waals surface area contributed by atoms with Gasteiger partial charge in [-0.05, 0) is 29.0 Å². The number of anilines is 1. The van der Waals surface area contributed by atoms with E-state index in [1.54, 1.807) is 24.5 Å². The number of ether oxygens (including phenoxy) is 3. The Morgan fingerprint density at radius 1 is 1.00 bits per heavy atom. The number of esters is 1. The van der Waals surface area contributed by atoms with E-state index in [0.29, 0.717) is 22.8 Å². The molecule has 7 heteroatoms. The zero-order valence-corrected chi connectivity index (χ0v) is 15.8. The van der Waals surface area contributed by atoms with Crippen LogP contribution in [-0.2, 0) is 20.7 Å². The van der Waals surface area contributed by atoms with Gasteiger partial charge in [0.05, 0.1) is 12.7 Å². The van der Waals surface area contributed by atoms with Gasteiger partial charge in [-0.1, -0.05) is 30.3 Å². The second-order valence-corrected chi connectivity index (χ2v) is 6.87. The standard InChI is InChI=1S/C23H17NO6/c25-21(24-16-6-8-18-20(10-16)30-13-29-18)12-28-22(26)9-15-11-27-19-7-5-14-3-1-2-4-17(14)23(15)19/h1-8,10-11H,9,12-13H2,(H,24,25). The smallest absolute Gasteiger partial charge is 0.310 e. The van der Waals surface area contributed by atoms with E-state index in [0.717, 1.165) is 21.7 Å². The van der Waals surface area contributed by atoms with Crippen LogP contribution in [0.4, 0.5) is 5.69 Å². The van der Waals surface area contributed by atoms with Crippen LogP contribution in [0.15, 0.2) is 65.3 Å². The lowest BCUT2D eigenvalue weighted by Crippen LogP contribution is -2.21. The van der Waals surface area contributed by atoms with Crippen molar-refractivity contribution in [1.82, 2.24) is 0 Å². The van der Waals surface area contributed by atoms with Gasteiger partial charge in [-0.25, -0.2) is 0 Å². The minimum Gasteiger partial charge on any atom is -0.464 e. The molecule has 0 fully saturated rings. The van der Waals surface area contributed by atoms with Crippen LogP contribution in [0, 0.1) is 0 Å². The molecular weight excluding hydrogens is 386 g/mol. The maximum Gasteiger partial charge on any atom is 0.310 e. The molecule has 1 aliphatic rings. The van der Waals surface area contributed by atoms with Gasteiger partial charge < -0.3 is 23.9 Å². The van der Waals surface area contributed by atoms with E-state index in [9.17, 15) is 9.59 Å². The summed E-state index contributed by atoms with van der Waals surface area (Å²) in [4.78, 5) is 24.4. The minimum absolute atomic E-state index is 0.0122. The Morgan fingerprint density at radius 2 is 1.87 bits per heavy atom. The average Bonchev–Trinajstić information content (AvgIpc) is 3.39. The van der Waals surface area contributed by atoms with Crippen molar-refractivity contribution in [3.63, 3.8) is 0 Å². The summed E-state index contributed by atoms with van der Waals surface area (Å²) in [5.41, 5.74) is 1.97. The monoisotopic (exact) mass is 403 g/mol. The Hall–Kier alpha value is -4.00. The van der Waals surface area contributed by atoms with Gasteiger partial charge in [-0.15, -0.1) is 0 Å². The van der Waals surface area contributed by atoms with E-state index < -0.39 is 11.9 Å². The number of hydrogen-bond acceptors (Lipinski definition) is 6. The van der Waals surface area contributed by atoms with E-state index >= 15 is 0 Å². The topological polar surface area (TPSA) is 87.0 Å².